The monoisotopic (exact) mass is 538 g/mol. The van der Waals surface area contributed by atoms with Gasteiger partial charge in [0.1, 0.15) is 0 Å². The molecule has 0 bridgehead atoms. The number of benzene rings is 5. The van der Waals surface area contributed by atoms with Gasteiger partial charge in [0.15, 0.2) is 0 Å². The Morgan fingerprint density at radius 1 is 0.439 bits per heavy atom. The van der Waals surface area contributed by atoms with Gasteiger partial charge in [-0.15, -0.1) is 0 Å². The van der Waals surface area contributed by atoms with E-state index in [1.807, 2.05) is 6.92 Å². The molecule has 5 aromatic rings. The Morgan fingerprint density at radius 3 is 0.878 bits per heavy atom. The maximum absolute atomic E-state index is 10.2. The van der Waals surface area contributed by atoms with Gasteiger partial charge in [-0.1, -0.05) is 116 Å². The Morgan fingerprint density at radius 2 is 0.683 bits per heavy atom. The highest BCUT2D eigenvalue weighted by molar-refractivity contribution is 6.36. The fourth-order valence-corrected chi connectivity index (χ4v) is 7.09. The minimum atomic E-state index is -0.625. The van der Waals surface area contributed by atoms with Gasteiger partial charge in [-0.05, 0) is 118 Å². The third-order valence-electron chi connectivity index (χ3n) is 10.2. The van der Waals surface area contributed by atoms with Gasteiger partial charge in [-0.3, -0.25) is 0 Å². The molecule has 0 heterocycles. The van der Waals surface area contributed by atoms with Crippen molar-refractivity contribution >= 4 is 65.4 Å². The topological polar surface area (TPSA) is 20.2 Å². The van der Waals surface area contributed by atoms with Crippen molar-refractivity contribution in [3.05, 3.63) is 97.1 Å². The number of aliphatic hydroxyl groups is 1. The number of allylic oxidation sites excluding steroid dienone is 4. The largest absolute Gasteiger partial charge is 0.389 e. The second kappa shape index (κ2) is 8.66. The highest BCUT2D eigenvalue weighted by Gasteiger charge is 2.44. The fraction of sp³-hybridized carbons (Fsp3) is 0.300. The molecule has 0 amide bonds. The molecule has 0 aromatic heterocycles. The zero-order valence-corrected chi connectivity index (χ0v) is 25.8. The fourth-order valence-electron chi connectivity index (χ4n) is 7.09. The van der Waals surface area contributed by atoms with Crippen LogP contribution in [0, 0.1) is 10.8 Å². The van der Waals surface area contributed by atoms with Crippen LogP contribution in [0.3, 0.4) is 0 Å². The third kappa shape index (κ3) is 3.78. The number of hydrogen-bond donors (Lipinski definition) is 1. The Bertz CT molecular complexity index is 1720. The van der Waals surface area contributed by atoms with Crippen molar-refractivity contribution in [3.63, 3.8) is 0 Å². The smallest absolute Gasteiger partial charge is 0.0715 e. The molecule has 208 valence electrons. The van der Waals surface area contributed by atoms with E-state index in [0.29, 0.717) is 0 Å². The summed E-state index contributed by atoms with van der Waals surface area (Å²) < 4.78 is 0. The van der Waals surface area contributed by atoms with Gasteiger partial charge in [0.2, 0.25) is 0 Å². The highest BCUT2D eigenvalue weighted by Crippen LogP contribution is 2.51. The van der Waals surface area contributed by atoms with Crippen LogP contribution in [0.15, 0.2) is 74.8 Å². The van der Waals surface area contributed by atoms with E-state index in [4.69, 9.17) is 0 Å². The van der Waals surface area contributed by atoms with E-state index in [9.17, 15) is 5.11 Å². The summed E-state index contributed by atoms with van der Waals surface area (Å²) in [6.07, 6.45) is 1.70. The third-order valence-corrected chi connectivity index (χ3v) is 10.2. The molecule has 0 spiro atoms. The summed E-state index contributed by atoms with van der Waals surface area (Å²) in [5, 5.41) is 20.8. The summed E-state index contributed by atoms with van der Waals surface area (Å²) in [5.74, 6) is 0. The summed E-state index contributed by atoms with van der Waals surface area (Å²) in [7, 11) is 0. The first kappa shape index (κ1) is 27.5. The van der Waals surface area contributed by atoms with Gasteiger partial charge in [0.05, 0.1) is 5.60 Å². The van der Waals surface area contributed by atoms with Gasteiger partial charge in [-0.25, -0.2) is 0 Å². The molecule has 0 unspecified atom stereocenters. The molecule has 0 radical (unpaired) electrons. The molecule has 41 heavy (non-hydrogen) atoms. The van der Waals surface area contributed by atoms with Crippen LogP contribution in [-0.2, 0) is 0 Å². The van der Waals surface area contributed by atoms with Crippen LogP contribution in [0.1, 0.15) is 83.6 Å². The molecule has 0 fully saturated rings. The molecule has 0 atom stereocenters. The molecule has 2 aliphatic carbocycles. The van der Waals surface area contributed by atoms with E-state index in [1.54, 1.807) is 0 Å². The van der Waals surface area contributed by atoms with Crippen LogP contribution in [0.4, 0.5) is 0 Å². The van der Waals surface area contributed by atoms with Crippen molar-refractivity contribution in [3.8, 4) is 0 Å². The Hall–Kier alpha value is -3.68. The summed E-state index contributed by atoms with van der Waals surface area (Å²) in [6.45, 7) is 31.7. The zero-order chi connectivity index (χ0) is 29.8. The lowest BCUT2D eigenvalue weighted by Crippen LogP contribution is -2.50. The maximum Gasteiger partial charge on any atom is 0.0715 e. The van der Waals surface area contributed by atoms with E-state index in [2.05, 4.69) is 116 Å². The van der Waals surface area contributed by atoms with Crippen molar-refractivity contribution < 1.29 is 5.11 Å². The minimum Gasteiger partial charge on any atom is -0.389 e. The van der Waals surface area contributed by atoms with E-state index in [1.165, 1.54) is 87.6 Å². The predicted molar refractivity (Wildman–Crippen MR) is 183 cm³/mol. The minimum absolute atomic E-state index is 0.0642. The Balaban J connectivity index is 0.000000237. The first-order chi connectivity index (χ1) is 19.0. The zero-order valence-electron chi connectivity index (χ0n) is 25.8. The predicted octanol–water partition coefficient (Wildman–Crippen LogP) is 11.4. The van der Waals surface area contributed by atoms with Crippen LogP contribution in [-0.4, -0.2) is 10.7 Å². The van der Waals surface area contributed by atoms with Crippen LogP contribution >= 0.6 is 0 Å². The van der Waals surface area contributed by atoms with E-state index in [-0.39, 0.29) is 10.8 Å². The van der Waals surface area contributed by atoms with Crippen molar-refractivity contribution in [2.45, 2.75) is 66.9 Å². The number of rotatable bonds is 0. The summed E-state index contributed by atoms with van der Waals surface area (Å²) in [6, 6.07) is 18.2. The lowest BCUT2D eigenvalue weighted by atomic mass is 9.64. The van der Waals surface area contributed by atoms with Crippen LogP contribution < -0.4 is 0 Å². The summed E-state index contributed by atoms with van der Waals surface area (Å²) in [5.41, 5.74) is 9.00. The second-order valence-electron chi connectivity index (χ2n) is 14.5. The normalized spacial score (nSPS) is 15.8. The molecule has 7 rings (SSSR count). The van der Waals surface area contributed by atoms with Crippen LogP contribution in [0.2, 0.25) is 0 Å². The summed E-state index contributed by atoms with van der Waals surface area (Å²) in [4.78, 5) is 0. The lowest BCUT2D eigenvalue weighted by Gasteiger charge is -2.47. The maximum atomic E-state index is 10.2. The van der Waals surface area contributed by atoms with Crippen molar-refractivity contribution in [1.82, 2.24) is 0 Å². The van der Waals surface area contributed by atoms with Crippen molar-refractivity contribution in [2.75, 3.05) is 0 Å². The molecular formula is C40H42O. The Kier molecular flexibility index (Phi) is 5.81. The molecular weight excluding hydrogens is 496 g/mol. The number of fused-ring (bicyclic) bond motifs is 2. The molecule has 1 N–H and O–H groups in total. The van der Waals surface area contributed by atoms with Crippen LogP contribution in [0.5, 0.6) is 0 Å². The van der Waals surface area contributed by atoms with Crippen molar-refractivity contribution in [1.29, 1.82) is 0 Å². The molecule has 1 heteroatoms. The average Bonchev–Trinajstić information content (AvgIpc) is 2.88. The summed E-state index contributed by atoms with van der Waals surface area (Å²) >= 11 is 0. The number of hydrogen-bond acceptors (Lipinski definition) is 1. The Labute approximate surface area is 244 Å². The van der Waals surface area contributed by atoms with Crippen LogP contribution in [0.25, 0.3) is 65.4 Å². The van der Waals surface area contributed by atoms with Gasteiger partial charge in [0.25, 0.3) is 0 Å². The second-order valence-corrected chi connectivity index (χ2v) is 14.5. The molecule has 5 aromatic carbocycles. The molecule has 2 aliphatic rings. The lowest BCUT2D eigenvalue weighted by molar-refractivity contribution is -0.121. The molecule has 0 aliphatic heterocycles. The van der Waals surface area contributed by atoms with E-state index >= 15 is 0 Å². The van der Waals surface area contributed by atoms with E-state index in [0.717, 1.165) is 12.8 Å². The van der Waals surface area contributed by atoms with Gasteiger partial charge < -0.3 is 5.11 Å². The molecule has 0 saturated heterocycles. The van der Waals surface area contributed by atoms with E-state index < -0.39 is 5.60 Å². The standard InChI is InChI=1S/C30H20.C10H22O/c1-15-13-16(2)20-6-10-24-26-12-8-22-18(4)14-17(3)21-7-11-25(30(26)28(21)22)23-9-5-19(15)27(20)29(23)24;1-8(2,3)10(7,11)9(4,5)6/h5-12H,1-4,13-14H2;11H,1-7H3. The average molecular weight is 539 g/mol. The van der Waals surface area contributed by atoms with Gasteiger partial charge in [0, 0.05) is 0 Å². The quantitative estimate of drug-likeness (QED) is 0.154. The highest BCUT2D eigenvalue weighted by atomic mass is 16.3. The SMILES string of the molecule is C=C1CC(=C)c2ccc3c4ccc5c6c(ccc(c7ccc1c2c73)c64)C(=C)CC5=C.CC(C)(C)C(C)(O)C(C)(C)C. The van der Waals surface area contributed by atoms with Crippen molar-refractivity contribution in [2.24, 2.45) is 10.8 Å². The first-order valence-electron chi connectivity index (χ1n) is 14.7. The molecule has 1 nitrogen and oxygen atoms in total. The molecule has 0 saturated carbocycles. The van der Waals surface area contributed by atoms with Gasteiger partial charge in [-0.2, -0.15) is 0 Å². The van der Waals surface area contributed by atoms with Gasteiger partial charge >= 0.3 is 0 Å². The first-order valence-corrected chi connectivity index (χ1v) is 14.7.